The lowest BCUT2D eigenvalue weighted by molar-refractivity contribution is 0.152. The molecule has 1 saturated carbocycles. The number of imidazole rings is 1. The van der Waals surface area contributed by atoms with Gasteiger partial charge in [0.25, 0.3) is 0 Å². The van der Waals surface area contributed by atoms with Gasteiger partial charge in [-0.2, -0.15) is 9.97 Å². The van der Waals surface area contributed by atoms with Crippen LogP contribution in [0.3, 0.4) is 0 Å². The number of hydrazine groups is 1. The Bertz CT molecular complexity index is 998. The SMILES string of the molecule is C[C@H]1CN(Nc2nc(Cl)nc3c2ncn3C2CCCC2)CC[C@@H]1Cc1ccccc1. The molecule has 3 heterocycles. The summed E-state index contributed by atoms with van der Waals surface area (Å²) in [6.45, 7) is 4.30. The zero-order valence-corrected chi connectivity index (χ0v) is 18.2. The standard InChI is InChI=1S/C23H29ClN6/c1-16-14-29(12-11-18(16)13-17-7-3-2-4-8-17)28-21-20-22(27-23(24)26-21)30(15-25-20)19-9-5-6-10-19/h2-4,7-8,15-16,18-19H,5-6,9-14H2,1H3,(H,26,27,28)/t16-,18+/m0/s1. The van der Waals surface area contributed by atoms with Crippen LogP contribution in [-0.2, 0) is 6.42 Å². The van der Waals surface area contributed by atoms with Gasteiger partial charge in [-0.05, 0) is 54.7 Å². The third-order valence-corrected chi connectivity index (χ3v) is 6.97. The Labute approximate surface area is 182 Å². The molecule has 6 nitrogen and oxygen atoms in total. The van der Waals surface area contributed by atoms with Gasteiger partial charge >= 0.3 is 0 Å². The Morgan fingerprint density at radius 1 is 1.10 bits per heavy atom. The molecule has 5 rings (SSSR count). The lowest BCUT2D eigenvalue weighted by Crippen LogP contribution is -2.43. The maximum Gasteiger partial charge on any atom is 0.226 e. The zero-order chi connectivity index (χ0) is 20.5. The maximum atomic E-state index is 6.30. The molecule has 1 N–H and O–H groups in total. The fourth-order valence-corrected chi connectivity index (χ4v) is 5.25. The van der Waals surface area contributed by atoms with Crippen LogP contribution in [0.5, 0.6) is 0 Å². The van der Waals surface area contributed by atoms with Gasteiger partial charge in [0, 0.05) is 19.1 Å². The van der Waals surface area contributed by atoms with Gasteiger partial charge in [-0.25, -0.2) is 9.99 Å². The van der Waals surface area contributed by atoms with Crippen molar-refractivity contribution in [2.24, 2.45) is 11.8 Å². The average molecular weight is 425 g/mol. The quantitative estimate of drug-likeness (QED) is 0.576. The van der Waals surface area contributed by atoms with E-state index >= 15 is 0 Å². The highest BCUT2D eigenvalue weighted by Gasteiger charge is 2.28. The highest BCUT2D eigenvalue weighted by atomic mass is 35.5. The first-order valence-electron chi connectivity index (χ1n) is 11.1. The summed E-state index contributed by atoms with van der Waals surface area (Å²) in [6.07, 6.45) is 9.11. The van der Waals surface area contributed by atoms with Crippen LogP contribution in [0, 0.1) is 11.8 Å². The summed E-state index contributed by atoms with van der Waals surface area (Å²) in [5.41, 5.74) is 6.59. The van der Waals surface area contributed by atoms with E-state index in [1.54, 1.807) is 0 Å². The van der Waals surface area contributed by atoms with Crippen LogP contribution in [0.15, 0.2) is 36.7 Å². The minimum atomic E-state index is 0.275. The highest BCUT2D eigenvalue weighted by Crippen LogP contribution is 2.33. The molecule has 0 bridgehead atoms. The van der Waals surface area contributed by atoms with Crippen LogP contribution < -0.4 is 5.43 Å². The molecule has 2 aliphatic rings. The molecule has 2 aromatic heterocycles. The van der Waals surface area contributed by atoms with Gasteiger partial charge in [-0.1, -0.05) is 50.1 Å². The Kier molecular flexibility index (Phi) is 5.61. The lowest BCUT2D eigenvalue weighted by Gasteiger charge is -2.37. The summed E-state index contributed by atoms with van der Waals surface area (Å²) >= 11 is 6.30. The third-order valence-electron chi connectivity index (χ3n) is 6.80. The van der Waals surface area contributed by atoms with Crippen molar-refractivity contribution in [1.29, 1.82) is 0 Å². The number of aromatic nitrogens is 4. The molecule has 2 atom stereocenters. The molecule has 0 amide bonds. The summed E-state index contributed by atoms with van der Waals surface area (Å²) in [7, 11) is 0. The molecule has 0 radical (unpaired) electrons. The molecule has 1 aliphatic heterocycles. The smallest absolute Gasteiger partial charge is 0.226 e. The van der Waals surface area contributed by atoms with E-state index in [1.165, 1.54) is 31.2 Å². The van der Waals surface area contributed by atoms with E-state index in [1.807, 2.05) is 6.33 Å². The molecule has 2 fully saturated rings. The third kappa shape index (κ3) is 4.03. The molecule has 158 valence electrons. The Morgan fingerprint density at radius 3 is 2.67 bits per heavy atom. The monoisotopic (exact) mass is 424 g/mol. The van der Waals surface area contributed by atoms with Crippen LogP contribution in [0.25, 0.3) is 11.2 Å². The number of nitrogens with zero attached hydrogens (tertiary/aromatic N) is 5. The predicted octanol–water partition coefficient (Wildman–Crippen LogP) is 5.12. The van der Waals surface area contributed by atoms with Gasteiger partial charge < -0.3 is 9.99 Å². The van der Waals surface area contributed by atoms with E-state index in [-0.39, 0.29) is 5.28 Å². The van der Waals surface area contributed by atoms with Crippen molar-refractivity contribution >= 4 is 28.6 Å². The number of hydrogen-bond donors (Lipinski definition) is 1. The van der Waals surface area contributed by atoms with Crippen molar-refractivity contribution in [1.82, 2.24) is 24.5 Å². The first-order valence-corrected chi connectivity index (χ1v) is 11.5. The van der Waals surface area contributed by atoms with E-state index in [4.69, 9.17) is 11.6 Å². The van der Waals surface area contributed by atoms with Crippen LogP contribution in [0.2, 0.25) is 5.28 Å². The summed E-state index contributed by atoms with van der Waals surface area (Å²) in [5.74, 6) is 2.01. The number of rotatable bonds is 5. The second-order valence-electron chi connectivity index (χ2n) is 8.88. The van der Waals surface area contributed by atoms with Gasteiger partial charge in [-0.3, -0.25) is 0 Å². The topological polar surface area (TPSA) is 58.9 Å². The molecule has 1 aromatic carbocycles. The molecule has 0 spiro atoms. The average Bonchev–Trinajstić information content (AvgIpc) is 3.40. The van der Waals surface area contributed by atoms with Crippen molar-refractivity contribution in [3.05, 3.63) is 47.5 Å². The van der Waals surface area contributed by atoms with E-state index in [0.29, 0.717) is 17.9 Å². The number of piperidine rings is 1. The number of halogens is 1. The normalized spacial score (nSPS) is 23.3. The Morgan fingerprint density at radius 2 is 1.90 bits per heavy atom. The van der Waals surface area contributed by atoms with Crippen LogP contribution in [0.1, 0.15) is 50.6 Å². The van der Waals surface area contributed by atoms with Crippen molar-refractivity contribution in [2.75, 3.05) is 18.5 Å². The minimum absolute atomic E-state index is 0.275. The minimum Gasteiger partial charge on any atom is -0.312 e. The summed E-state index contributed by atoms with van der Waals surface area (Å²) in [4.78, 5) is 13.6. The van der Waals surface area contributed by atoms with Gasteiger partial charge in [0.15, 0.2) is 17.0 Å². The van der Waals surface area contributed by atoms with Crippen LogP contribution in [-0.4, -0.2) is 37.6 Å². The van der Waals surface area contributed by atoms with E-state index in [0.717, 1.165) is 42.9 Å². The molecule has 1 saturated heterocycles. The summed E-state index contributed by atoms with van der Waals surface area (Å²) < 4.78 is 2.19. The predicted molar refractivity (Wildman–Crippen MR) is 120 cm³/mol. The van der Waals surface area contributed by atoms with Crippen molar-refractivity contribution in [2.45, 2.75) is 51.5 Å². The summed E-state index contributed by atoms with van der Waals surface area (Å²) in [5, 5.41) is 2.54. The second kappa shape index (κ2) is 8.52. The van der Waals surface area contributed by atoms with E-state index in [9.17, 15) is 0 Å². The molecule has 7 heteroatoms. The van der Waals surface area contributed by atoms with E-state index in [2.05, 4.69) is 67.2 Å². The number of benzene rings is 1. The molecular weight excluding hydrogens is 396 g/mol. The molecule has 30 heavy (non-hydrogen) atoms. The van der Waals surface area contributed by atoms with Crippen LogP contribution >= 0.6 is 11.6 Å². The maximum absolute atomic E-state index is 6.30. The largest absolute Gasteiger partial charge is 0.312 e. The fourth-order valence-electron chi connectivity index (χ4n) is 5.08. The van der Waals surface area contributed by atoms with Gasteiger partial charge in [0.1, 0.15) is 0 Å². The molecular formula is C23H29ClN6. The van der Waals surface area contributed by atoms with Crippen molar-refractivity contribution in [3.8, 4) is 0 Å². The first kappa shape index (κ1) is 19.8. The Hall–Kier alpha value is -2.18. The first-order chi connectivity index (χ1) is 14.7. The molecule has 1 aliphatic carbocycles. The number of hydrogen-bond acceptors (Lipinski definition) is 5. The second-order valence-corrected chi connectivity index (χ2v) is 9.22. The van der Waals surface area contributed by atoms with E-state index < -0.39 is 0 Å². The highest BCUT2D eigenvalue weighted by molar-refractivity contribution is 6.28. The lowest BCUT2D eigenvalue weighted by atomic mass is 9.83. The number of fused-ring (bicyclic) bond motifs is 1. The van der Waals surface area contributed by atoms with Crippen LogP contribution in [0.4, 0.5) is 5.82 Å². The van der Waals surface area contributed by atoms with Crippen molar-refractivity contribution in [3.63, 3.8) is 0 Å². The number of anilines is 1. The van der Waals surface area contributed by atoms with Gasteiger partial charge in [0.2, 0.25) is 5.28 Å². The van der Waals surface area contributed by atoms with Gasteiger partial charge in [-0.15, -0.1) is 0 Å². The summed E-state index contributed by atoms with van der Waals surface area (Å²) in [6, 6.07) is 11.3. The zero-order valence-electron chi connectivity index (χ0n) is 17.5. The fraction of sp³-hybridized carbons (Fsp3) is 0.522. The number of nitrogens with one attached hydrogen (secondary N) is 1. The van der Waals surface area contributed by atoms with Gasteiger partial charge in [0.05, 0.1) is 6.33 Å². The molecule has 0 unspecified atom stereocenters. The van der Waals surface area contributed by atoms with Crippen molar-refractivity contribution < 1.29 is 0 Å². The molecule has 3 aromatic rings. The Balaban J connectivity index is 1.30.